The van der Waals surface area contributed by atoms with Crippen molar-refractivity contribution >= 4 is 54.3 Å². The number of benzene rings is 9. The summed E-state index contributed by atoms with van der Waals surface area (Å²) in [4.78, 5) is 0. The van der Waals surface area contributed by atoms with Crippen LogP contribution in [-0.4, -0.2) is 0 Å². The molecule has 0 aliphatic heterocycles. The van der Waals surface area contributed by atoms with Gasteiger partial charge in [-0.2, -0.15) is 0 Å². The van der Waals surface area contributed by atoms with E-state index in [0.717, 1.165) is 40.2 Å². The highest BCUT2D eigenvalue weighted by atomic mass is 16.3. The van der Waals surface area contributed by atoms with E-state index in [-0.39, 0.29) is 0 Å². The van der Waals surface area contributed by atoms with E-state index in [4.69, 9.17) is 4.42 Å². The highest BCUT2D eigenvalue weighted by Crippen LogP contribution is 2.65. The second-order valence-corrected chi connectivity index (χ2v) is 18.7. The summed E-state index contributed by atoms with van der Waals surface area (Å²) in [6, 6.07) is 64.1. The first-order valence-corrected chi connectivity index (χ1v) is 22.3. The average molecular weight is 769 g/mol. The molecule has 1 atom stereocenters. The van der Waals surface area contributed by atoms with Gasteiger partial charge in [-0.15, -0.1) is 0 Å². The summed E-state index contributed by atoms with van der Waals surface area (Å²) in [5.41, 5.74) is 15.7. The summed E-state index contributed by atoms with van der Waals surface area (Å²) in [6.07, 6.45) is 7.20. The van der Waals surface area contributed by atoms with Crippen molar-refractivity contribution in [3.63, 3.8) is 0 Å². The van der Waals surface area contributed by atoms with Gasteiger partial charge in [-0.1, -0.05) is 152 Å². The third kappa shape index (κ3) is 4.69. The van der Waals surface area contributed by atoms with Crippen LogP contribution in [0.5, 0.6) is 0 Å². The average Bonchev–Trinajstić information content (AvgIpc) is 3.84. The van der Waals surface area contributed by atoms with Crippen LogP contribution in [0.4, 0.5) is 0 Å². The Morgan fingerprint density at radius 1 is 0.350 bits per heavy atom. The van der Waals surface area contributed by atoms with E-state index >= 15 is 0 Å². The number of furan rings is 1. The quantitative estimate of drug-likeness (QED) is 0.163. The molecule has 4 fully saturated rings. The Balaban J connectivity index is 0.964. The minimum atomic E-state index is 0.399. The molecule has 5 aliphatic carbocycles. The van der Waals surface area contributed by atoms with Gasteiger partial charge in [0.25, 0.3) is 0 Å². The van der Waals surface area contributed by atoms with E-state index in [1.54, 1.807) is 11.1 Å². The molecule has 1 heterocycles. The van der Waals surface area contributed by atoms with Gasteiger partial charge in [0.2, 0.25) is 0 Å². The zero-order valence-electron chi connectivity index (χ0n) is 33.6. The van der Waals surface area contributed by atoms with Crippen LogP contribution in [0.3, 0.4) is 0 Å². The minimum Gasteiger partial charge on any atom is -0.456 e. The number of hydrogen-bond donors (Lipinski definition) is 0. The summed E-state index contributed by atoms with van der Waals surface area (Å²) < 4.78 is 6.28. The fraction of sp³-hybridized carbons (Fsp3) is 0.186. The maximum Gasteiger partial charge on any atom is 0.136 e. The lowest BCUT2D eigenvalue weighted by Crippen LogP contribution is -2.47. The minimum absolute atomic E-state index is 0.399. The van der Waals surface area contributed by atoms with E-state index in [9.17, 15) is 0 Å². The molecule has 1 heteroatoms. The second-order valence-electron chi connectivity index (χ2n) is 18.7. The van der Waals surface area contributed by atoms with E-state index < -0.39 is 0 Å². The van der Waals surface area contributed by atoms with Gasteiger partial charge in [0.15, 0.2) is 0 Å². The number of rotatable bonds is 4. The zero-order chi connectivity index (χ0) is 39.1. The molecule has 0 spiro atoms. The van der Waals surface area contributed by atoms with E-state index in [2.05, 4.69) is 164 Å². The first-order valence-electron chi connectivity index (χ1n) is 22.3. The maximum absolute atomic E-state index is 6.28. The maximum atomic E-state index is 6.28. The lowest BCUT2D eigenvalue weighted by atomic mass is 9.48. The summed E-state index contributed by atoms with van der Waals surface area (Å²) >= 11 is 0. The number of para-hydroxylation sites is 1. The van der Waals surface area contributed by atoms with Crippen LogP contribution < -0.4 is 0 Å². The zero-order valence-corrected chi connectivity index (χ0v) is 33.6. The fourth-order valence-corrected chi connectivity index (χ4v) is 13.7. The van der Waals surface area contributed by atoms with Crippen LogP contribution >= 0.6 is 0 Å². The molecule has 286 valence electrons. The summed E-state index contributed by atoms with van der Waals surface area (Å²) in [5, 5.41) is 10.5. The van der Waals surface area contributed by atoms with Crippen LogP contribution in [-0.2, 0) is 0 Å². The van der Waals surface area contributed by atoms with Crippen molar-refractivity contribution in [2.45, 2.75) is 38.0 Å². The van der Waals surface area contributed by atoms with Gasteiger partial charge < -0.3 is 4.42 Å². The van der Waals surface area contributed by atoms with Gasteiger partial charge in [-0.05, 0) is 168 Å². The predicted molar refractivity (Wildman–Crippen MR) is 250 cm³/mol. The molecule has 0 saturated heterocycles. The Morgan fingerprint density at radius 3 is 1.62 bits per heavy atom. The molecular formula is C59H44O. The Morgan fingerprint density at radius 2 is 0.900 bits per heavy atom. The van der Waals surface area contributed by atoms with Crippen molar-refractivity contribution in [1.29, 1.82) is 0 Å². The molecule has 0 amide bonds. The molecule has 4 saturated carbocycles. The summed E-state index contributed by atoms with van der Waals surface area (Å²) in [5.74, 6) is 4.61. The summed E-state index contributed by atoms with van der Waals surface area (Å²) in [7, 11) is 0. The molecule has 10 aromatic rings. The van der Waals surface area contributed by atoms with E-state index in [1.165, 1.54) is 114 Å². The SMILES string of the molecule is c1cc2c(c(-c3c4ccccc4c(-c4ccc(-c5ccc6c(c5)oc5ccccc56)cc4)c4ccccc34)c1)C(C1C3CC4CC(C3)CC1C4)c1c-2ccc2ccccc12. The molecule has 15 rings (SSSR count). The van der Waals surface area contributed by atoms with Gasteiger partial charge >= 0.3 is 0 Å². The van der Waals surface area contributed by atoms with Crippen molar-refractivity contribution in [2.75, 3.05) is 0 Å². The van der Waals surface area contributed by atoms with Crippen LogP contribution in [0.1, 0.15) is 49.1 Å². The Bertz CT molecular complexity index is 3310. The molecule has 5 aliphatic rings. The molecule has 0 radical (unpaired) electrons. The highest BCUT2D eigenvalue weighted by molar-refractivity contribution is 6.22. The first-order chi connectivity index (χ1) is 29.7. The van der Waals surface area contributed by atoms with Crippen LogP contribution in [0.25, 0.3) is 98.8 Å². The van der Waals surface area contributed by atoms with Crippen molar-refractivity contribution in [3.8, 4) is 44.5 Å². The third-order valence-electron chi connectivity index (χ3n) is 15.8. The monoisotopic (exact) mass is 768 g/mol. The molecule has 1 aromatic heterocycles. The predicted octanol–water partition coefficient (Wildman–Crippen LogP) is 16.2. The second kappa shape index (κ2) is 12.5. The van der Waals surface area contributed by atoms with Gasteiger partial charge in [-0.3, -0.25) is 0 Å². The molecule has 60 heavy (non-hydrogen) atoms. The van der Waals surface area contributed by atoms with Crippen LogP contribution in [0.15, 0.2) is 174 Å². The lowest BCUT2D eigenvalue weighted by Gasteiger charge is -2.56. The van der Waals surface area contributed by atoms with Gasteiger partial charge in [0, 0.05) is 16.7 Å². The topological polar surface area (TPSA) is 13.1 Å². The molecule has 0 N–H and O–H groups in total. The molecule has 1 unspecified atom stereocenters. The molecule has 9 aromatic carbocycles. The highest BCUT2D eigenvalue weighted by Gasteiger charge is 2.53. The first kappa shape index (κ1) is 33.4. The van der Waals surface area contributed by atoms with Crippen molar-refractivity contribution in [2.24, 2.45) is 29.6 Å². The standard InChI is InChI=1S/C59H44O/c1-2-11-42-37(10-1)24-27-50-49-17-9-18-51(58(49)59(57(42)50)54-40-29-34-28-35(31-40)32-41(54)30-34)56-47-15-5-3-13-45(47)55(46-14-4-6-16-48(46)56)38-22-20-36(21-23-38)39-25-26-44-43-12-7-8-19-52(43)60-53(44)33-39/h1-27,33-35,40-41,54,59H,28-32H2. The Labute approximate surface area is 350 Å². The summed E-state index contributed by atoms with van der Waals surface area (Å²) in [6.45, 7) is 0. The third-order valence-corrected chi connectivity index (χ3v) is 15.8. The fourth-order valence-electron chi connectivity index (χ4n) is 13.7. The normalized spacial score (nSPS) is 22.7. The van der Waals surface area contributed by atoms with Crippen molar-refractivity contribution in [3.05, 3.63) is 181 Å². The lowest BCUT2D eigenvalue weighted by molar-refractivity contribution is -0.0422. The molecule has 4 bridgehead atoms. The number of fused-ring (bicyclic) bond motifs is 10. The molecule has 1 nitrogen and oxygen atoms in total. The molecular weight excluding hydrogens is 725 g/mol. The van der Waals surface area contributed by atoms with Crippen LogP contribution in [0.2, 0.25) is 0 Å². The number of hydrogen-bond acceptors (Lipinski definition) is 1. The van der Waals surface area contributed by atoms with E-state index in [1.807, 2.05) is 6.07 Å². The van der Waals surface area contributed by atoms with Gasteiger partial charge in [0.05, 0.1) is 0 Å². The van der Waals surface area contributed by atoms with Crippen LogP contribution in [0, 0.1) is 29.6 Å². The smallest absolute Gasteiger partial charge is 0.136 e. The van der Waals surface area contributed by atoms with Crippen molar-refractivity contribution in [1.82, 2.24) is 0 Å². The largest absolute Gasteiger partial charge is 0.456 e. The van der Waals surface area contributed by atoms with E-state index in [0.29, 0.717) is 11.8 Å². The Hall–Kier alpha value is -6.44. The van der Waals surface area contributed by atoms with Crippen molar-refractivity contribution < 1.29 is 4.42 Å². The Kier molecular flexibility index (Phi) is 6.98. The van der Waals surface area contributed by atoms with Gasteiger partial charge in [-0.25, -0.2) is 0 Å². The van der Waals surface area contributed by atoms with Gasteiger partial charge in [0.1, 0.15) is 11.2 Å².